The van der Waals surface area contributed by atoms with E-state index in [0.717, 1.165) is 22.3 Å². The third-order valence-corrected chi connectivity index (χ3v) is 3.13. The van der Waals surface area contributed by atoms with Gasteiger partial charge in [0.15, 0.2) is 0 Å². The average Bonchev–Trinajstić information content (AvgIpc) is 2.35. The molecule has 2 rings (SSSR count). The first-order valence-electron chi connectivity index (χ1n) is 6.02. The van der Waals surface area contributed by atoms with Crippen molar-refractivity contribution in [2.45, 2.75) is 19.9 Å². The van der Waals surface area contributed by atoms with Gasteiger partial charge in [-0.25, -0.2) is 0 Å². The molecule has 1 aromatic heterocycles. The van der Waals surface area contributed by atoms with Crippen molar-refractivity contribution in [2.24, 2.45) is 12.8 Å². The van der Waals surface area contributed by atoms with Crippen LogP contribution in [0.25, 0.3) is 11.1 Å². The van der Waals surface area contributed by atoms with Gasteiger partial charge in [-0.15, -0.1) is 0 Å². The molecule has 94 valence electrons. The van der Waals surface area contributed by atoms with Gasteiger partial charge in [0.1, 0.15) is 0 Å². The Labute approximate surface area is 107 Å². The molecule has 0 aliphatic rings. The topological polar surface area (TPSA) is 48.0 Å². The number of hydrogen-bond acceptors (Lipinski definition) is 2. The standard InChI is InChI=1S/C15H18N2O/c1-10-8-14(9-17(3)15(10)18)13-6-4-12(5-7-13)11(2)16/h4-9,11H,16H2,1-3H3/t11-/m0/s1. The zero-order valence-corrected chi connectivity index (χ0v) is 11.0. The van der Waals surface area contributed by atoms with Crippen LogP contribution in [0, 0.1) is 6.92 Å². The Balaban J connectivity index is 2.46. The van der Waals surface area contributed by atoms with E-state index < -0.39 is 0 Å². The summed E-state index contributed by atoms with van der Waals surface area (Å²) in [6.07, 6.45) is 1.86. The fourth-order valence-corrected chi connectivity index (χ4v) is 2.01. The summed E-state index contributed by atoms with van der Waals surface area (Å²) in [5.41, 5.74) is 9.88. The molecule has 0 aliphatic carbocycles. The van der Waals surface area contributed by atoms with Gasteiger partial charge in [-0.2, -0.15) is 0 Å². The minimum Gasteiger partial charge on any atom is -0.324 e. The predicted octanol–water partition coefficient (Wildman–Crippen LogP) is 2.38. The monoisotopic (exact) mass is 242 g/mol. The second-order valence-electron chi connectivity index (χ2n) is 4.74. The van der Waals surface area contributed by atoms with Crippen molar-refractivity contribution in [3.63, 3.8) is 0 Å². The van der Waals surface area contributed by atoms with Crippen molar-refractivity contribution in [3.8, 4) is 11.1 Å². The first-order chi connectivity index (χ1) is 8.49. The van der Waals surface area contributed by atoms with Gasteiger partial charge in [0.05, 0.1) is 0 Å². The van der Waals surface area contributed by atoms with Crippen LogP contribution < -0.4 is 11.3 Å². The second-order valence-corrected chi connectivity index (χ2v) is 4.74. The van der Waals surface area contributed by atoms with Crippen LogP contribution in [0.5, 0.6) is 0 Å². The molecular formula is C15H18N2O. The summed E-state index contributed by atoms with van der Waals surface area (Å²) in [7, 11) is 1.77. The maximum Gasteiger partial charge on any atom is 0.253 e. The van der Waals surface area contributed by atoms with E-state index in [1.165, 1.54) is 0 Å². The van der Waals surface area contributed by atoms with E-state index in [1.807, 2.05) is 50.4 Å². The van der Waals surface area contributed by atoms with Gasteiger partial charge in [-0.3, -0.25) is 4.79 Å². The van der Waals surface area contributed by atoms with Crippen molar-refractivity contribution >= 4 is 0 Å². The fraction of sp³-hybridized carbons (Fsp3) is 0.267. The second kappa shape index (κ2) is 4.78. The molecule has 1 aromatic carbocycles. The lowest BCUT2D eigenvalue weighted by molar-refractivity contribution is 0.818. The van der Waals surface area contributed by atoms with Crippen molar-refractivity contribution in [1.82, 2.24) is 4.57 Å². The summed E-state index contributed by atoms with van der Waals surface area (Å²) in [5.74, 6) is 0. The molecule has 0 aliphatic heterocycles. The number of pyridine rings is 1. The highest BCUT2D eigenvalue weighted by Crippen LogP contribution is 2.21. The molecule has 0 unspecified atom stereocenters. The lowest BCUT2D eigenvalue weighted by atomic mass is 10.0. The van der Waals surface area contributed by atoms with Crippen LogP contribution in [0.3, 0.4) is 0 Å². The van der Waals surface area contributed by atoms with E-state index in [0.29, 0.717) is 0 Å². The van der Waals surface area contributed by atoms with E-state index in [4.69, 9.17) is 5.73 Å². The number of aromatic nitrogens is 1. The van der Waals surface area contributed by atoms with E-state index in [2.05, 4.69) is 0 Å². The minimum atomic E-state index is 0.0425. The van der Waals surface area contributed by atoms with Gasteiger partial charge in [-0.1, -0.05) is 24.3 Å². The molecule has 1 atom stereocenters. The quantitative estimate of drug-likeness (QED) is 0.879. The Kier molecular flexibility index (Phi) is 3.34. The fourth-order valence-electron chi connectivity index (χ4n) is 2.01. The third kappa shape index (κ3) is 2.36. The van der Waals surface area contributed by atoms with Gasteiger partial charge in [-0.05, 0) is 36.6 Å². The summed E-state index contributed by atoms with van der Waals surface area (Å²) < 4.78 is 1.62. The van der Waals surface area contributed by atoms with Crippen LogP contribution in [0.15, 0.2) is 41.3 Å². The highest BCUT2D eigenvalue weighted by atomic mass is 16.1. The predicted molar refractivity (Wildman–Crippen MR) is 74.5 cm³/mol. The maximum atomic E-state index is 11.6. The molecule has 0 fully saturated rings. The smallest absolute Gasteiger partial charge is 0.253 e. The van der Waals surface area contributed by atoms with Crippen LogP contribution in [0.4, 0.5) is 0 Å². The van der Waals surface area contributed by atoms with Crippen molar-refractivity contribution in [2.75, 3.05) is 0 Å². The highest BCUT2D eigenvalue weighted by Gasteiger charge is 2.04. The SMILES string of the molecule is Cc1cc(-c2ccc([C@H](C)N)cc2)cn(C)c1=O. The molecule has 3 nitrogen and oxygen atoms in total. The lowest BCUT2D eigenvalue weighted by Crippen LogP contribution is -2.18. The lowest BCUT2D eigenvalue weighted by Gasteiger charge is -2.09. The van der Waals surface area contributed by atoms with Crippen LogP contribution >= 0.6 is 0 Å². The summed E-state index contributed by atoms with van der Waals surface area (Å²) in [6.45, 7) is 3.80. The van der Waals surface area contributed by atoms with Gasteiger partial charge < -0.3 is 10.3 Å². The highest BCUT2D eigenvalue weighted by molar-refractivity contribution is 5.63. The zero-order valence-electron chi connectivity index (χ0n) is 11.0. The Morgan fingerprint density at radius 1 is 1.17 bits per heavy atom. The largest absolute Gasteiger partial charge is 0.324 e. The number of hydrogen-bond donors (Lipinski definition) is 1. The van der Waals surface area contributed by atoms with Crippen molar-refractivity contribution in [1.29, 1.82) is 0 Å². The van der Waals surface area contributed by atoms with E-state index in [1.54, 1.807) is 11.6 Å². The van der Waals surface area contributed by atoms with Gasteiger partial charge in [0.2, 0.25) is 0 Å². The zero-order chi connectivity index (χ0) is 13.3. The Morgan fingerprint density at radius 3 is 2.28 bits per heavy atom. The first-order valence-corrected chi connectivity index (χ1v) is 6.02. The van der Waals surface area contributed by atoms with E-state index in [-0.39, 0.29) is 11.6 Å². The van der Waals surface area contributed by atoms with Gasteiger partial charge in [0.25, 0.3) is 5.56 Å². The van der Waals surface area contributed by atoms with E-state index in [9.17, 15) is 4.79 Å². The Bertz CT molecular complexity index is 583. The molecule has 0 bridgehead atoms. The molecule has 3 heteroatoms. The van der Waals surface area contributed by atoms with Crippen LogP contribution in [-0.4, -0.2) is 4.57 Å². The number of rotatable bonds is 2. The molecule has 0 saturated carbocycles. The molecule has 0 spiro atoms. The molecule has 2 N–H and O–H groups in total. The number of aryl methyl sites for hydroxylation is 2. The molecular weight excluding hydrogens is 224 g/mol. The van der Waals surface area contributed by atoms with Crippen LogP contribution in [-0.2, 0) is 7.05 Å². The van der Waals surface area contributed by atoms with Crippen molar-refractivity contribution in [3.05, 3.63) is 58.0 Å². The molecule has 18 heavy (non-hydrogen) atoms. The maximum absolute atomic E-state index is 11.6. The van der Waals surface area contributed by atoms with E-state index >= 15 is 0 Å². The first kappa shape index (κ1) is 12.6. The Morgan fingerprint density at radius 2 is 1.78 bits per heavy atom. The molecule has 0 radical (unpaired) electrons. The van der Waals surface area contributed by atoms with Gasteiger partial charge >= 0.3 is 0 Å². The van der Waals surface area contributed by atoms with Crippen molar-refractivity contribution < 1.29 is 0 Å². The van der Waals surface area contributed by atoms with Crippen LogP contribution in [0.2, 0.25) is 0 Å². The summed E-state index contributed by atoms with van der Waals surface area (Å²) >= 11 is 0. The molecule has 0 saturated heterocycles. The normalized spacial score (nSPS) is 12.4. The summed E-state index contributed by atoms with van der Waals surface area (Å²) in [4.78, 5) is 11.6. The molecule has 0 amide bonds. The average molecular weight is 242 g/mol. The summed E-state index contributed by atoms with van der Waals surface area (Å²) in [5, 5.41) is 0. The number of nitrogens with zero attached hydrogens (tertiary/aromatic N) is 1. The third-order valence-electron chi connectivity index (χ3n) is 3.13. The minimum absolute atomic E-state index is 0.0425. The number of nitrogens with two attached hydrogens (primary N) is 1. The summed E-state index contributed by atoms with van der Waals surface area (Å²) in [6, 6.07) is 10.1. The number of benzene rings is 1. The molecule has 1 heterocycles. The van der Waals surface area contributed by atoms with Crippen LogP contribution in [0.1, 0.15) is 24.1 Å². The molecule has 2 aromatic rings. The van der Waals surface area contributed by atoms with Gasteiger partial charge in [0, 0.05) is 24.8 Å². The Hall–Kier alpha value is -1.87.